The summed E-state index contributed by atoms with van der Waals surface area (Å²) >= 11 is 0. The molecule has 1 aliphatic carbocycles. The molecule has 1 saturated heterocycles. The van der Waals surface area contributed by atoms with Crippen molar-refractivity contribution in [2.24, 2.45) is 11.8 Å². The van der Waals surface area contributed by atoms with Crippen LogP contribution in [-0.2, 0) is 4.79 Å². The fourth-order valence-corrected chi connectivity index (χ4v) is 3.12. The summed E-state index contributed by atoms with van der Waals surface area (Å²) in [5.74, 6) is 0.400. The molecule has 2 aliphatic rings. The average molecular weight is 283 g/mol. The van der Waals surface area contributed by atoms with Gasteiger partial charge in [0.25, 0.3) is 0 Å². The van der Waals surface area contributed by atoms with E-state index in [4.69, 9.17) is 5.11 Å². The highest BCUT2D eigenvalue weighted by Gasteiger charge is 2.32. The maximum Gasteiger partial charge on any atom is 0.317 e. The molecule has 0 bridgehead atoms. The Labute approximate surface area is 120 Å². The summed E-state index contributed by atoms with van der Waals surface area (Å²) in [6, 6.07) is 0.292. The van der Waals surface area contributed by atoms with Gasteiger partial charge < -0.3 is 15.3 Å². The van der Waals surface area contributed by atoms with Gasteiger partial charge in [0.05, 0.1) is 6.54 Å². The van der Waals surface area contributed by atoms with Crippen molar-refractivity contribution < 1.29 is 14.7 Å². The molecule has 2 N–H and O–H groups in total. The van der Waals surface area contributed by atoms with Gasteiger partial charge in [0.15, 0.2) is 0 Å². The van der Waals surface area contributed by atoms with Crippen molar-refractivity contribution in [3.8, 4) is 0 Å². The molecule has 0 spiro atoms. The number of carboxylic acids is 1. The summed E-state index contributed by atoms with van der Waals surface area (Å²) in [7, 11) is 0. The zero-order valence-corrected chi connectivity index (χ0v) is 12.3. The number of carbonyl (C=O) groups excluding carboxylic acids is 1. The van der Waals surface area contributed by atoms with Crippen LogP contribution in [0.25, 0.3) is 0 Å². The summed E-state index contributed by atoms with van der Waals surface area (Å²) in [4.78, 5) is 26.5. The van der Waals surface area contributed by atoms with Gasteiger partial charge in [-0.15, -0.1) is 0 Å². The first-order valence-corrected chi connectivity index (χ1v) is 7.47. The van der Waals surface area contributed by atoms with Crippen molar-refractivity contribution in [1.29, 1.82) is 0 Å². The molecule has 3 unspecified atom stereocenters. The van der Waals surface area contributed by atoms with Crippen LogP contribution in [0, 0.1) is 11.8 Å². The smallest absolute Gasteiger partial charge is 0.317 e. The SMILES string of the molecule is CC1CCC(NC(=O)N2CCN(CC(=O)O)CC2)C1C. The third-order valence-corrected chi connectivity index (χ3v) is 4.79. The molecule has 114 valence electrons. The van der Waals surface area contributed by atoms with E-state index >= 15 is 0 Å². The first-order valence-electron chi connectivity index (χ1n) is 7.47. The van der Waals surface area contributed by atoms with Crippen molar-refractivity contribution >= 4 is 12.0 Å². The topological polar surface area (TPSA) is 72.9 Å². The minimum atomic E-state index is -0.809. The maximum absolute atomic E-state index is 12.2. The van der Waals surface area contributed by atoms with E-state index in [1.54, 1.807) is 4.90 Å². The van der Waals surface area contributed by atoms with E-state index in [1.165, 1.54) is 6.42 Å². The molecule has 2 amide bonds. The Kier molecular flexibility index (Phi) is 4.86. The Morgan fingerprint density at radius 1 is 1.15 bits per heavy atom. The fraction of sp³-hybridized carbons (Fsp3) is 0.857. The standard InChI is InChI=1S/C14H25N3O3/c1-10-3-4-12(11(10)2)15-14(20)17-7-5-16(6-8-17)9-13(18)19/h10-12H,3-9H2,1-2H3,(H,15,20)(H,18,19). The average Bonchev–Trinajstić information content (AvgIpc) is 2.71. The monoisotopic (exact) mass is 283 g/mol. The Morgan fingerprint density at radius 3 is 2.30 bits per heavy atom. The van der Waals surface area contributed by atoms with Crippen molar-refractivity contribution in [1.82, 2.24) is 15.1 Å². The summed E-state index contributed by atoms with van der Waals surface area (Å²) < 4.78 is 0. The van der Waals surface area contributed by atoms with Crippen LogP contribution in [0.1, 0.15) is 26.7 Å². The Bertz CT molecular complexity index is 367. The van der Waals surface area contributed by atoms with Gasteiger partial charge in [0.1, 0.15) is 0 Å². The van der Waals surface area contributed by atoms with Crippen LogP contribution in [0.15, 0.2) is 0 Å². The van der Waals surface area contributed by atoms with Crippen LogP contribution < -0.4 is 5.32 Å². The molecule has 0 radical (unpaired) electrons. The highest BCUT2D eigenvalue weighted by Crippen LogP contribution is 2.31. The molecule has 0 aromatic heterocycles. The third kappa shape index (κ3) is 3.62. The van der Waals surface area contributed by atoms with E-state index in [9.17, 15) is 9.59 Å². The van der Waals surface area contributed by atoms with Crippen LogP contribution >= 0.6 is 0 Å². The molecular formula is C14H25N3O3. The number of rotatable bonds is 3. The Hall–Kier alpha value is -1.30. The number of hydrogen-bond acceptors (Lipinski definition) is 3. The van der Waals surface area contributed by atoms with E-state index in [1.807, 2.05) is 4.90 Å². The second kappa shape index (κ2) is 6.43. The number of urea groups is 1. The number of nitrogens with zero attached hydrogens (tertiary/aromatic N) is 2. The summed E-state index contributed by atoms with van der Waals surface area (Å²) in [6.45, 7) is 6.99. The van der Waals surface area contributed by atoms with Gasteiger partial charge >= 0.3 is 12.0 Å². The first kappa shape index (κ1) is 15.1. The van der Waals surface area contributed by atoms with E-state index in [-0.39, 0.29) is 18.6 Å². The largest absolute Gasteiger partial charge is 0.480 e. The van der Waals surface area contributed by atoms with Crippen molar-refractivity contribution in [3.05, 3.63) is 0 Å². The molecule has 6 nitrogen and oxygen atoms in total. The molecular weight excluding hydrogens is 258 g/mol. The van der Waals surface area contributed by atoms with Gasteiger partial charge in [-0.1, -0.05) is 13.8 Å². The van der Waals surface area contributed by atoms with Gasteiger partial charge in [-0.25, -0.2) is 4.79 Å². The third-order valence-electron chi connectivity index (χ3n) is 4.79. The predicted molar refractivity (Wildman–Crippen MR) is 75.5 cm³/mol. The van der Waals surface area contributed by atoms with Gasteiger partial charge in [-0.2, -0.15) is 0 Å². The van der Waals surface area contributed by atoms with Crippen LogP contribution in [0.4, 0.5) is 4.79 Å². The minimum Gasteiger partial charge on any atom is -0.480 e. The molecule has 20 heavy (non-hydrogen) atoms. The van der Waals surface area contributed by atoms with Crippen LogP contribution in [0.3, 0.4) is 0 Å². The zero-order valence-electron chi connectivity index (χ0n) is 12.3. The van der Waals surface area contributed by atoms with Crippen molar-refractivity contribution in [2.75, 3.05) is 32.7 Å². The quantitative estimate of drug-likeness (QED) is 0.805. The fourth-order valence-electron chi connectivity index (χ4n) is 3.12. The molecule has 0 aromatic rings. The van der Waals surface area contributed by atoms with Crippen LogP contribution in [0.2, 0.25) is 0 Å². The molecule has 1 saturated carbocycles. The minimum absolute atomic E-state index is 0.00549. The summed E-state index contributed by atoms with van der Waals surface area (Å²) in [5, 5.41) is 11.9. The van der Waals surface area contributed by atoms with E-state index in [0.717, 1.165) is 6.42 Å². The number of piperazine rings is 1. The predicted octanol–water partition coefficient (Wildman–Crippen LogP) is 0.833. The summed E-state index contributed by atoms with van der Waals surface area (Å²) in [5.41, 5.74) is 0. The van der Waals surface area contributed by atoms with Crippen LogP contribution in [-0.4, -0.2) is 65.7 Å². The zero-order chi connectivity index (χ0) is 14.7. The number of hydrogen-bond donors (Lipinski definition) is 2. The van der Waals surface area contributed by atoms with Crippen LogP contribution in [0.5, 0.6) is 0 Å². The van der Waals surface area contributed by atoms with E-state index < -0.39 is 5.97 Å². The number of carboxylic acid groups (broad SMARTS) is 1. The lowest BCUT2D eigenvalue weighted by Crippen LogP contribution is -2.54. The van der Waals surface area contributed by atoms with Gasteiger partial charge in [0, 0.05) is 32.2 Å². The normalized spacial score (nSPS) is 31.3. The van der Waals surface area contributed by atoms with Gasteiger partial charge in [-0.05, 0) is 24.7 Å². The van der Waals surface area contributed by atoms with Gasteiger partial charge in [0.2, 0.25) is 0 Å². The number of amides is 2. The lowest BCUT2D eigenvalue weighted by atomic mass is 9.98. The second-order valence-electron chi connectivity index (χ2n) is 6.13. The highest BCUT2D eigenvalue weighted by molar-refractivity contribution is 5.75. The maximum atomic E-state index is 12.2. The molecule has 3 atom stereocenters. The first-order chi connectivity index (χ1) is 9.47. The van der Waals surface area contributed by atoms with Crippen molar-refractivity contribution in [3.63, 3.8) is 0 Å². The van der Waals surface area contributed by atoms with Gasteiger partial charge in [-0.3, -0.25) is 9.69 Å². The Balaban J connectivity index is 1.76. The van der Waals surface area contributed by atoms with E-state index in [0.29, 0.717) is 38.0 Å². The molecule has 2 fully saturated rings. The molecule has 1 aliphatic heterocycles. The van der Waals surface area contributed by atoms with E-state index in [2.05, 4.69) is 19.2 Å². The molecule has 6 heteroatoms. The summed E-state index contributed by atoms with van der Waals surface area (Å²) in [6.07, 6.45) is 2.24. The lowest BCUT2D eigenvalue weighted by Gasteiger charge is -2.35. The Morgan fingerprint density at radius 2 is 1.80 bits per heavy atom. The number of nitrogens with one attached hydrogen (secondary N) is 1. The molecule has 1 heterocycles. The number of carbonyl (C=O) groups is 2. The van der Waals surface area contributed by atoms with Crippen molar-refractivity contribution in [2.45, 2.75) is 32.7 Å². The molecule has 2 rings (SSSR count). The lowest BCUT2D eigenvalue weighted by molar-refractivity contribution is -0.138. The number of aliphatic carboxylic acids is 1. The second-order valence-corrected chi connectivity index (χ2v) is 6.13. The molecule has 0 aromatic carbocycles. The highest BCUT2D eigenvalue weighted by atomic mass is 16.4.